The van der Waals surface area contributed by atoms with E-state index >= 15 is 0 Å². The van der Waals surface area contributed by atoms with E-state index in [0.29, 0.717) is 12.0 Å². The summed E-state index contributed by atoms with van der Waals surface area (Å²) in [5.74, 6) is 0.571. The van der Waals surface area contributed by atoms with Crippen LogP contribution in [0.25, 0.3) is 0 Å². The van der Waals surface area contributed by atoms with Crippen LogP contribution in [0.1, 0.15) is 31.2 Å². The van der Waals surface area contributed by atoms with E-state index in [-0.39, 0.29) is 5.82 Å². The summed E-state index contributed by atoms with van der Waals surface area (Å²) in [6.07, 6.45) is 6.33. The average molecular weight is 221 g/mol. The van der Waals surface area contributed by atoms with E-state index in [1.807, 2.05) is 19.2 Å². The van der Waals surface area contributed by atoms with E-state index in [1.54, 1.807) is 12.1 Å². The lowest BCUT2D eigenvalue weighted by Gasteiger charge is -2.31. The van der Waals surface area contributed by atoms with Crippen molar-refractivity contribution in [3.8, 4) is 0 Å². The van der Waals surface area contributed by atoms with Gasteiger partial charge in [0.1, 0.15) is 5.82 Å². The number of nitrogens with one attached hydrogen (secondary N) is 1. The molecule has 0 saturated heterocycles. The van der Waals surface area contributed by atoms with Gasteiger partial charge in [-0.05, 0) is 49.9 Å². The van der Waals surface area contributed by atoms with Gasteiger partial charge >= 0.3 is 0 Å². The molecular formula is C14H20FN. The zero-order chi connectivity index (χ0) is 11.4. The minimum atomic E-state index is -0.141. The molecule has 88 valence electrons. The molecule has 1 aromatic rings. The Morgan fingerprint density at radius 1 is 1.19 bits per heavy atom. The summed E-state index contributed by atoms with van der Waals surface area (Å²) in [4.78, 5) is 0. The first-order chi connectivity index (χ1) is 7.79. The smallest absolute Gasteiger partial charge is 0.123 e. The molecule has 0 spiro atoms. The molecule has 1 fully saturated rings. The Hall–Kier alpha value is -0.890. The van der Waals surface area contributed by atoms with Crippen molar-refractivity contribution in [2.45, 2.75) is 38.1 Å². The second-order valence-corrected chi connectivity index (χ2v) is 4.77. The van der Waals surface area contributed by atoms with Crippen LogP contribution in [0.4, 0.5) is 4.39 Å². The molecule has 0 aliphatic heterocycles. The topological polar surface area (TPSA) is 12.0 Å². The second-order valence-electron chi connectivity index (χ2n) is 4.77. The van der Waals surface area contributed by atoms with E-state index in [2.05, 4.69) is 5.32 Å². The molecule has 2 unspecified atom stereocenters. The predicted molar refractivity (Wildman–Crippen MR) is 64.9 cm³/mol. The van der Waals surface area contributed by atoms with Crippen molar-refractivity contribution in [3.05, 3.63) is 35.6 Å². The molecule has 1 saturated carbocycles. The molecule has 1 N–H and O–H groups in total. The van der Waals surface area contributed by atoms with Crippen LogP contribution in [-0.4, -0.2) is 13.1 Å². The molecule has 1 nitrogen and oxygen atoms in total. The minimum Gasteiger partial charge on any atom is -0.317 e. The van der Waals surface area contributed by atoms with Gasteiger partial charge in [0, 0.05) is 6.04 Å². The van der Waals surface area contributed by atoms with Gasteiger partial charge in [0.2, 0.25) is 0 Å². The highest BCUT2D eigenvalue weighted by Gasteiger charge is 2.23. The van der Waals surface area contributed by atoms with Crippen LogP contribution < -0.4 is 5.32 Å². The van der Waals surface area contributed by atoms with Crippen molar-refractivity contribution < 1.29 is 4.39 Å². The van der Waals surface area contributed by atoms with Gasteiger partial charge in [-0.3, -0.25) is 0 Å². The molecule has 0 heterocycles. The largest absolute Gasteiger partial charge is 0.317 e. The normalized spacial score (nSPS) is 25.6. The Labute approximate surface area is 97.1 Å². The Morgan fingerprint density at radius 2 is 1.88 bits per heavy atom. The Morgan fingerprint density at radius 3 is 2.56 bits per heavy atom. The SMILES string of the molecule is CNC1CCCCC1Cc1ccc(F)cc1. The lowest BCUT2D eigenvalue weighted by Crippen LogP contribution is -2.37. The molecule has 2 rings (SSSR count). The highest BCUT2D eigenvalue weighted by molar-refractivity contribution is 5.17. The molecule has 1 aliphatic rings. The van der Waals surface area contributed by atoms with Crippen molar-refractivity contribution in [3.63, 3.8) is 0 Å². The van der Waals surface area contributed by atoms with E-state index in [1.165, 1.54) is 31.2 Å². The molecule has 2 heteroatoms. The van der Waals surface area contributed by atoms with E-state index in [0.717, 1.165) is 6.42 Å². The van der Waals surface area contributed by atoms with Gasteiger partial charge in [0.15, 0.2) is 0 Å². The zero-order valence-corrected chi connectivity index (χ0v) is 9.88. The van der Waals surface area contributed by atoms with Crippen molar-refractivity contribution in [1.82, 2.24) is 5.32 Å². The van der Waals surface area contributed by atoms with Crippen molar-refractivity contribution >= 4 is 0 Å². The number of benzene rings is 1. The van der Waals surface area contributed by atoms with E-state index < -0.39 is 0 Å². The Kier molecular flexibility index (Phi) is 3.94. The highest BCUT2D eigenvalue weighted by Crippen LogP contribution is 2.27. The van der Waals surface area contributed by atoms with Crippen LogP contribution in [0.15, 0.2) is 24.3 Å². The maximum Gasteiger partial charge on any atom is 0.123 e. The van der Waals surface area contributed by atoms with Gasteiger partial charge in [0.25, 0.3) is 0 Å². The van der Waals surface area contributed by atoms with Crippen LogP contribution in [0, 0.1) is 11.7 Å². The molecule has 0 bridgehead atoms. The molecular weight excluding hydrogens is 201 g/mol. The third kappa shape index (κ3) is 2.82. The van der Waals surface area contributed by atoms with Crippen molar-refractivity contribution in [2.24, 2.45) is 5.92 Å². The summed E-state index contributed by atoms with van der Waals surface area (Å²) in [5.41, 5.74) is 1.26. The van der Waals surface area contributed by atoms with E-state index in [9.17, 15) is 4.39 Å². The molecule has 0 radical (unpaired) electrons. The number of halogens is 1. The summed E-state index contributed by atoms with van der Waals surface area (Å²) < 4.78 is 12.8. The quantitative estimate of drug-likeness (QED) is 0.826. The number of hydrogen-bond acceptors (Lipinski definition) is 1. The summed E-state index contributed by atoms with van der Waals surface area (Å²) in [5, 5.41) is 3.41. The first kappa shape index (κ1) is 11.6. The lowest BCUT2D eigenvalue weighted by atomic mass is 9.81. The summed E-state index contributed by atoms with van der Waals surface area (Å²) >= 11 is 0. The van der Waals surface area contributed by atoms with Crippen molar-refractivity contribution in [2.75, 3.05) is 7.05 Å². The predicted octanol–water partition coefficient (Wildman–Crippen LogP) is 3.15. The van der Waals surface area contributed by atoms with Crippen molar-refractivity contribution in [1.29, 1.82) is 0 Å². The molecule has 1 aliphatic carbocycles. The van der Waals surface area contributed by atoms with E-state index in [4.69, 9.17) is 0 Å². The van der Waals surface area contributed by atoms with Crippen LogP contribution in [0.3, 0.4) is 0 Å². The Balaban J connectivity index is 1.99. The van der Waals surface area contributed by atoms with Crippen LogP contribution in [0.2, 0.25) is 0 Å². The Bertz CT molecular complexity index is 320. The molecule has 1 aromatic carbocycles. The molecule has 16 heavy (non-hydrogen) atoms. The average Bonchev–Trinajstić information content (AvgIpc) is 2.33. The molecule has 0 aromatic heterocycles. The van der Waals surface area contributed by atoms with Gasteiger partial charge in [-0.15, -0.1) is 0 Å². The van der Waals surface area contributed by atoms with Gasteiger partial charge in [-0.2, -0.15) is 0 Å². The fourth-order valence-electron chi connectivity index (χ4n) is 2.76. The van der Waals surface area contributed by atoms with Gasteiger partial charge < -0.3 is 5.32 Å². The maximum atomic E-state index is 12.8. The highest BCUT2D eigenvalue weighted by atomic mass is 19.1. The van der Waals surface area contributed by atoms with Crippen LogP contribution >= 0.6 is 0 Å². The summed E-state index contributed by atoms with van der Waals surface area (Å²) in [6.45, 7) is 0. The number of hydrogen-bond donors (Lipinski definition) is 1. The fourth-order valence-corrected chi connectivity index (χ4v) is 2.76. The maximum absolute atomic E-state index is 12.8. The zero-order valence-electron chi connectivity index (χ0n) is 9.88. The third-order valence-electron chi connectivity index (χ3n) is 3.69. The van der Waals surface area contributed by atoms with Crippen LogP contribution in [0.5, 0.6) is 0 Å². The standard InChI is InChI=1S/C14H20FN/c1-16-14-5-3-2-4-12(14)10-11-6-8-13(15)9-7-11/h6-9,12,14,16H,2-5,10H2,1H3. The fraction of sp³-hybridized carbons (Fsp3) is 0.571. The summed E-state index contributed by atoms with van der Waals surface area (Å²) in [6, 6.07) is 7.59. The van der Waals surface area contributed by atoms with Gasteiger partial charge in [-0.25, -0.2) is 4.39 Å². The summed E-state index contributed by atoms with van der Waals surface area (Å²) in [7, 11) is 2.05. The van der Waals surface area contributed by atoms with Crippen LogP contribution in [-0.2, 0) is 6.42 Å². The monoisotopic (exact) mass is 221 g/mol. The lowest BCUT2D eigenvalue weighted by molar-refractivity contribution is 0.272. The first-order valence-corrected chi connectivity index (χ1v) is 6.21. The van der Waals surface area contributed by atoms with Gasteiger partial charge in [0.05, 0.1) is 0 Å². The molecule has 0 amide bonds. The number of rotatable bonds is 3. The minimum absolute atomic E-state index is 0.141. The second kappa shape index (κ2) is 5.44. The first-order valence-electron chi connectivity index (χ1n) is 6.21. The van der Waals surface area contributed by atoms with Gasteiger partial charge in [-0.1, -0.05) is 25.0 Å². The third-order valence-corrected chi connectivity index (χ3v) is 3.69. The molecule has 2 atom stereocenters.